The van der Waals surface area contributed by atoms with Crippen LogP contribution in [0.2, 0.25) is 0 Å². The molecule has 1 unspecified atom stereocenters. The molecule has 0 aromatic heterocycles. The average Bonchev–Trinajstić information content (AvgIpc) is 2.83. The molecule has 0 radical (unpaired) electrons. The zero-order valence-electron chi connectivity index (χ0n) is 21.4. The van der Waals surface area contributed by atoms with Gasteiger partial charge in [-0.2, -0.15) is 26.3 Å². The summed E-state index contributed by atoms with van der Waals surface area (Å²) in [4.78, 5) is 13.0. The van der Waals surface area contributed by atoms with Gasteiger partial charge in [-0.05, 0) is 50.3 Å². The third-order valence-electron chi connectivity index (χ3n) is 5.97. The van der Waals surface area contributed by atoms with Gasteiger partial charge in [-0.25, -0.2) is 8.93 Å². The van der Waals surface area contributed by atoms with Crippen molar-refractivity contribution in [3.63, 3.8) is 0 Å². The van der Waals surface area contributed by atoms with E-state index in [2.05, 4.69) is 4.72 Å². The number of hydrogen-bond acceptors (Lipinski definition) is 3. The van der Waals surface area contributed by atoms with Gasteiger partial charge in [-0.15, -0.1) is 0 Å². The molecule has 2 atom stereocenters. The minimum atomic E-state index is -4.98. The SMILES string of the molecule is CCCCS(=O)N[C@@](CC(=O)c1ccc(C)cc1)(c1ccc(OCCCCCC(F)(F)F)cc1)C(F)(F)F. The van der Waals surface area contributed by atoms with Crippen LogP contribution in [0.3, 0.4) is 0 Å². The van der Waals surface area contributed by atoms with Gasteiger partial charge in [0.1, 0.15) is 5.75 Å². The number of ether oxygens (including phenoxy) is 1. The summed E-state index contributed by atoms with van der Waals surface area (Å²) in [7, 11) is -2.07. The van der Waals surface area contributed by atoms with Crippen LogP contribution < -0.4 is 9.46 Å². The molecule has 2 aromatic carbocycles. The fourth-order valence-electron chi connectivity index (χ4n) is 3.75. The molecule has 0 aliphatic rings. The highest BCUT2D eigenvalue weighted by atomic mass is 32.2. The third-order valence-corrected chi connectivity index (χ3v) is 7.21. The lowest BCUT2D eigenvalue weighted by molar-refractivity contribution is -0.193. The van der Waals surface area contributed by atoms with Crippen LogP contribution in [0.25, 0.3) is 0 Å². The minimum Gasteiger partial charge on any atom is -0.494 e. The molecule has 0 saturated heterocycles. The first-order valence-corrected chi connectivity index (χ1v) is 13.7. The molecule has 212 valence electrons. The van der Waals surface area contributed by atoms with Gasteiger partial charge in [0.25, 0.3) is 0 Å². The van der Waals surface area contributed by atoms with Gasteiger partial charge in [0.2, 0.25) is 0 Å². The Labute approximate surface area is 221 Å². The van der Waals surface area contributed by atoms with Crippen molar-refractivity contribution in [2.24, 2.45) is 0 Å². The summed E-state index contributed by atoms with van der Waals surface area (Å²) in [6, 6.07) is 11.1. The maximum absolute atomic E-state index is 14.7. The van der Waals surface area contributed by atoms with Crippen LogP contribution in [0.5, 0.6) is 5.75 Å². The van der Waals surface area contributed by atoms with Crippen molar-refractivity contribution in [1.29, 1.82) is 0 Å². The van der Waals surface area contributed by atoms with Gasteiger partial charge in [-0.3, -0.25) is 4.79 Å². The Morgan fingerprint density at radius 1 is 0.895 bits per heavy atom. The molecular weight excluding hydrogens is 532 g/mol. The van der Waals surface area contributed by atoms with E-state index in [9.17, 15) is 35.3 Å². The predicted molar refractivity (Wildman–Crippen MR) is 135 cm³/mol. The smallest absolute Gasteiger partial charge is 0.412 e. The monoisotopic (exact) mass is 565 g/mol. The van der Waals surface area contributed by atoms with E-state index in [1.165, 1.54) is 36.4 Å². The lowest BCUT2D eigenvalue weighted by Crippen LogP contribution is -2.56. The second-order valence-electron chi connectivity index (χ2n) is 9.17. The van der Waals surface area contributed by atoms with Crippen molar-refractivity contribution < 1.29 is 40.1 Å². The molecule has 0 fully saturated rings. The van der Waals surface area contributed by atoms with E-state index in [1.54, 1.807) is 19.1 Å². The maximum atomic E-state index is 14.7. The molecule has 11 heteroatoms. The van der Waals surface area contributed by atoms with E-state index in [1.807, 2.05) is 6.92 Å². The molecule has 0 aliphatic carbocycles. The molecule has 0 amide bonds. The summed E-state index contributed by atoms with van der Waals surface area (Å²) in [6.07, 6.45) is -9.38. The number of benzene rings is 2. The molecule has 4 nitrogen and oxygen atoms in total. The van der Waals surface area contributed by atoms with E-state index < -0.39 is 47.5 Å². The number of carbonyl (C=O) groups is 1. The molecule has 0 heterocycles. The summed E-state index contributed by atoms with van der Waals surface area (Å²) >= 11 is 0. The molecule has 0 aliphatic heterocycles. The van der Waals surface area contributed by atoms with Crippen molar-refractivity contribution in [3.05, 3.63) is 65.2 Å². The number of aryl methyl sites for hydroxylation is 1. The number of alkyl halides is 6. The highest BCUT2D eigenvalue weighted by Crippen LogP contribution is 2.43. The number of Topliss-reactive ketones (excluding diaryl/α,β-unsaturated/α-hetero) is 1. The van der Waals surface area contributed by atoms with Gasteiger partial charge >= 0.3 is 12.4 Å². The van der Waals surface area contributed by atoms with Crippen LogP contribution in [0.15, 0.2) is 48.5 Å². The predicted octanol–water partition coefficient (Wildman–Crippen LogP) is 7.58. The Morgan fingerprint density at radius 3 is 2.08 bits per heavy atom. The third kappa shape index (κ3) is 9.72. The minimum absolute atomic E-state index is 0.0113. The van der Waals surface area contributed by atoms with E-state index in [0.717, 1.165) is 5.56 Å². The quantitative estimate of drug-likeness (QED) is 0.138. The average molecular weight is 566 g/mol. The number of rotatable bonds is 15. The zero-order chi connectivity index (χ0) is 28.4. The van der Waals surface area contributed by atoms with Crippen LogP contribution in [-0.4, -0.2) is 34.7 Å². The van der Waals surface area contributed by atoms with Gasteiger partial charge in [0.05, 0.1) is 17.6 Å². The number of ketones is 1. The number of nitrogens with one attached hydrogen (secondary N) is 1. The van der Waals surface area contributed by atoms with E-state index >= 15 is 0 Å². The second kappa shape index (κ2) is 14.1. The Kier molecular flexibility index (Phi) is 11.8. The first-order chi connectivity index (χ1) is 17.8. The van der Waals surface area contributed by atoms with Crippen LogP contribution in [-0.2, 0) is 16.5 Å². The molecule has 2 rings (SSSR count). The Balaban J connectivity index is 2.26. The fraction of sp³-hybridized carbons (Fsp3) is 0.519. The first-order valence-electron chi connectivity index (χ1n) is 12.4. The summed E-state index contributed by atoms with van der Waals surface area (Å²) in [6.45, 7) is 3.72. The van der Waals surface area contributed by atoms with Crippen molar-refractivity contribution in [1.82, 2.24) is 4.72 Å². The topological polar surface area (TPSA) is 55.4 Å². The Morgan fingerprint density at radius 2 is 1.53 bits per heavy atom. The standard InChI is InChI=1S/C27H33F6NO3S/c1-3-4-18-38(36)34-25(27(31,32)33,19-24(35)21-10-8-20(2)9-11-21)22-12-14-23(15-13-22)37-17-7-5-6-16-26(28,29)30/h8-15,34H,3-7,16-19H2,1-2H3/t25-,38?/m0/s1. The van der Waals surface area contributed by atoms with Gasteiger partial charge < -0.3 is 4.74 Å². The largest absolute Gasteiger partial charge is 0.494 e. The van der Waals surface area contributed by atoms with Crippen LogP contribution in [0.1, 0.15) is 73.4 Å². The van der Waals surface area contributed by atoms with E-state index in [4.69, 9.17) is 4.74 Å². The number of unbranched alkanes of at least 4 members (excludes halogenated alkanes) is 3. The Bertz CT molecular complexity index is 1040. The van der Waals surface area contributed by atoms with Crippen molar-refractivity contribution >= 4 is 16.8 Å². The molecule has 2 aromatic rings. The lowest BCUT2D eigenvalue weighted by Gasteiger charge is -2.36. The summed E-state index contributed by atoms with van der Waals surface area (Å²) < 4.78 is 101. The lowest BCUT2D eigenvalue weighted by atomic mass is 9.83. The van der Waals surface area contributed by atoms with Gasteiger partial charge in [-0.1, -0.05) is 55.3 Å². The van der Waals surface area contributed by atoms with Gasteiger partial charge in [0.15, 0.2) is 11.3 Å². The molecule has 1 N–H and O–H groups in total. The summed E-state index contributed by atoms with van der Waals surface area (Å²) in [5.74, 6) is -0.540. The van der Waals surface area contributed by atoms with Gasteiger partial charge in [0, 0.05) is 24.2 Å². The zero-order valence-corrected chi connectivity index (χ0v) is 22.2. The van der Waals surface area contributed by atoms with Crippen LogP contribution in [0, 0.1) is 6.92 Å². The Hall–Kier alpha value is -2.40. The normalized spacial score (nSPS) is 14.6. The molecular formula is C27H33F6NO3S. The van der Waals surface area contributed by atoms with E-state index in [0.29, 0.717) is 25.7 Å². The molecule has 0 bridgehead atoms. The van der Waals surface area contributed by atoms with Crippen LogP contribution >= 0.6 is 0 Å². The number of carbonyl (C=O) groups excluding carboxylic acids is 1. The van der Waals surface area contributed by atoms with Crippen molar-refractivity contribution in [2.45, 2.75) is 76.7 Å². The summed E-state index contributed by atoms with van der Waals surface area (Å²) in [5, 5.41) is 0. The highest BCUT2D eigenvalue weighted by Gasteiger charge is 2.58. The fourth-order valence-corrected chi connectivity index (χ4v) is 5.10. The number of halogens is 6. The van der Waals surface area contributed by atoms with Crippen LogP contribution in [0.4, 0.5) is 26.3 Å². The van der Waals surface area contributed by atoms with E-state index in [-0.39, 0.29) is 35.7 Å². The highest BCUT2D eigenvalue weighted by molar-refractivity contribution is 7.83. The van der Waals surface area contributed by atoms with Crippen molar-refractivity contribution in [2.75, 3.05) is 12.4 Å². The summed E-state index contributed by atoms with van der Waals surface area (Å²) in [5.41, 5.74) is -2.26. The van der Waals surface area contributed by atoms with Crippen molar-refractivity contribution in [3.8, 4) is 5.75 Å². The molecule has 0 spiro atoms. The number of hydrogen-bond donors (Lipinski definition) is 1. The maximum Gasteiger partial charge on any atom is 0.412 e. The molecule has 0 saturated carbocycles. The first kappa shape index (κ1) is 31.8. The second-order valence-corrected chi connectivity index (χ2v) is 10.5. The molecule has 38 heavy (non-hydrogen) atoms.